The van der Waals surface area contributed by atoms with Crippen molar-refractivity contribution in [1.29, 1.82) is 0 Å². The van der Waals surface area contributed by atoms with Gasteiger partial charge in [-0.25, -0.2) is 8.42 Å². The van der Waals surface area contributed by atoms with Crippen LogP contribution in [0.5, 0.6) is 0 Å². The molecule has 2 aliphatic heterocycles. The summed E-state index contributed by atoms with van der Waals surface area (Å²) in [5.41, 5.74) is 1.84. The van der Waals surface area contributed by atoms with Gasteiger partial charge in [0.2, 0.25) is 5.13 Å². The van der Waals surface area contributed by atoms with Gasteiger partial charge in [0.25, 0.3) is 15.6 Å². The number of anilines is 2. The molecule has 0 saturated carbocycles. The smallest absolute Gasteiger partial charge is 0.263 e. The van der Waals surface area contributed by atoms with Crippen LogP contribution in [0.2, 0.25) is 0 Å². The predicted octanol–water partition coefficient (Wildman–Crippen LogP) is 2.88. The zero-order chi connectivity index (χ0) is 23.9. The number of pyridine rings is 1. The lowest BCUT2D eigenvalue weighted by Crippen LogP contribution is -2.50. The van der Waals surface area contributed by atoms with Gasteiger partial charge in [-0.1, -0.05) is 24.3 Å². The minimum atomic E-state index is -3.76. The van der Waals surface area contributed by atoms with E-state index in [0.717, 1.165) is 30.2 Å². The minimum absolute atomic E-state index is 0.0582. The maximum absolute atomic E-state index is 12.7. The molecular weight excluding hydrogens is 492 g/mol. The summed E-state index contributed by atoms with van der Waals surface area (Å²) in [6, 6.07) is 11.9. The minimum Gasteiger partial charge on any atom is -0.348 e. The number of thiocarbonyl (C=S) groups is 1. The molecule has 1 unspecified atom stereocenters. The third kappa shape index (κ3) is 4.57. The van der Waals surface area contributed by atoms with Gasteiger partial charge in [-0.3, -0.25) is 9.52 Å². The number of nitrogens with one attached hydrogen (secondary N) is 2. The van der Waals surface area contributed by atoms with Gasteiger partial charge >= 0.3 is 0 Å². The van der Waals surface area contributed by atoms with Crippen molar-refractivity contribution in [1.82, 2.24) is 19.7 Å². The molecule has 3 aromatic rings. The average Bonchev–Trinajstić information content (AvgIpc) is 3.27. The van der Waals surface area contributed by atoms with Crippen LogP contribution in [-0.2, 0) is 23.0 Å². The van der Waals surface area contributed by atoms with Crippen LogP contribution in [0.1, 0.15) is 30.0 Å². The molecule has 2 atom stereocenters. The second kappa shape index (κ2) is 9.08. The number of nitrogens with zero attached hydrogens (tertiary/aromatic N) is 4. The van der Waals surface area contributed by atoms with Crippen LogP contribution in [0, 0.1) is 5.92 Å². The number of hydrogen-bond acceptors (Lipinski definition) is 7. The summed E-state index contributed by atoms with van der Waals surface area (Å²) >= 11 is 6.89. The SMILES string of the molecule is CCc1nnc(NS(=O)(=O)c2ccc(NC(=S)N3CC4C[C@@H](C3)Cn3c4cccc3=O)cc2)s1. The first-order valence-electron chi connectivity index (χ1n) is 11.0. The summed E-state index contributed by atoms with van der Waals surface area (Å²) in [6.07, 6.45) is 1.75. The molecule has 34 heavy (non-hydrogen) atoms. The average molecular weight is 517 g/mol. The van der Waals surface area contributed by atoms with E-state index < -0.39 is 10.0 Å². The lowest BCUT2D eigenvalue weighted by Gasteiger charge is -2.43. The molecule has 2 bridgehead atoms. The molecule has 1 aromatic carbocycles. The van der Waals surface area contributed by atoms with Gasteiger partial charge in [-0.05, 0) is 61.3 Å². The molecule has 1 saturated heterocycles. The Labute approximate surface area is 206 Å². The second-order valence-electron chi connectivity index (χ2n) is 8.52. The molecule has 4 heterocycles. The van der Waals surface area contributed by atoms with E-state index in [-0.39, 0.29) is 21.5 Å². The van der Waals surface area contributed by atoms with Crippen molar-refractivity contribution in [2.45, 2.75) is 37.1 Å². The van der Waals surface area contributed by atoms with Crippen LogP contribution in [0.25, 0.3) is 0 Å². The largest absolute Gasteiger partial charge is 0.348 e. The van der Waals surface area contributed by atoms with E-state index >= 15 is 0 Å². The highest BCUT2D eigenvalue weighted by Crippen LogP contribution is 2.35. The molecule has 2 N–H and O–H groups in total. The standard InChI is InChI=1S/C22H24N6O3S3/c1-2-19-24-25-21(33-19)26-34(30,31)17-8-6-16(7-9-17)23-22(32)27-11-14-10-15(13-27)18-4-3-5-20(29)28(18)12-14/h3-9,14-15H,2,10-13H2,1H3,(H,23,32)(H,25,26)/t14-,15?/m0/s1. The molecule has 12 heteroatoms. The Morgan fingerprint density at radius 1 is 1.15 bits per heavy atom. The number of likely N-dealkylation sites (tertiary alicyclic amines) is 1. The zero-order valence-electron chi connectivity index (χ0n) is 18.5. The normalized spacial score (nSPS) is 19.4. The van der Waals surface area contributed by atoms with Crippen LogP contribution in [0.4, 0.5) is 10.8 Å². The van der Waals surface area contributed by atoms with Crippen molar-refractivity contribution >= 4 is 49.5 Å². The summed E-state index contributed by atoms with van der Waals surface area (Å²) in [5, 5.41) is 12.6. The Kier molecular flexibility index (Phi) is 6.13. The van der Waals surface area contributed by atoms with Gasteiger partial charge in [0.15, 0.2) is 5.11 Å². The fourth-order valence-electron chi connectivity index (χ4n) is 4.59. The maximum atomic E-state index is 12.7. The van der Waals surface area contributed by atoms with Gasteiger partial charge in [0, 0.05) is 43.0 Å². The number of benzene rings is 1. The van der Waals surface area contributed by atoms with Crippen molar-refractivity contribution in [3.63, 3.8) is 0 Å². The second-order valence-corrected chi connectivity index (χ2v) is 11.6. The lowest BCUT2D eigenvalue weighted by atomic mass is 9.83. The molecular formula is C22H24N6O3S3. The van der Waals surface area contributed by atoms with Gasteiger partial charge in [-0.15, -0.1) is 10.2 Å². The van der Waals surface area contributed by atoms with E-state index in [1.54, 1.807) is 18.2 Å². The Bertz CT molecular complexity index is 1380. The van der Waals surface area contributed by atoms with E-state index in [0.29, 0.717) is 29.7 Å². The fraction of sp³-hybridized carbons (Fsp3) is 0.364. The number of sulfonamides is 1. The molecule has 1 fully saturated rings. The summed E-state index contributed by atoms with van der Waals surface area (Å²) in [6.45, 7) is 4.16. The molecule has 2 aromatic heterocycles. The molecule has 5 rings (SSSR count). The zero-order valence-corrected chi connectivity index (χ0v) is 20.9. The number of fused-ring (bicyclic) bond motifs is 4. The van der Waals surface area contributed by atoms with Gasteiger partial charge < -0.3 is 14.8 Å². The van der Waals surface area contributed by atoms with Crippen LogP contribution in [0.3, 0.4) is 0 Å². The van der Waals surface area contributed by atoms with E-state index in [4.69, 9.17) is 12.2 Å². The van der Waals surface area contributed by atoms with Gasteiger partial charge in [0.1, 0.15) is 5.01 Å². The monoisotopic (exact) mass is 516 g/mol. The van der Waals surface area contributed by atoms with Crippen LogP contribution >= 0.6 is 23.6 Å². The number of aromatic nitrogens is 3. The lowest BCUT2D eigenvalue weighted by molar-refractivity contribution is 0.180. The summed E-state index contributed by atoms with van der Waals surface area (Å²) in [4.78, 5) is 14.5. The topological polar surface area (TPSA) is 109 Å². The third-order valence-corrected chi connectivity index (χ3v) is 9.00. The summed E-state index contributed by atoms with van der Waals surface area (Å²) in [7, 11) is -3.76. The highest BCUT2D eigenvalue weighted by molar-refractivity contribution is 7.93. The highest BCUT2D eigenvalue weighted by Gasteiger charge is 2.35. The molecule has 9 nitrogen and oxygen atoms in total. The van der Waals surface area contributed by atoms with Gasteiger partial charge in [-0.2, -0.15) is 0 Å². The Morgan fingerprint density at radius 2 is 1.94 bits per heavy atom. The van der Waals surface area contributed by atoms with Crippen molar-refractivity contribution in [2.24, 2.45) is 5.92 Å². The molecule has 178 valence electrons. The number of piperidine rings is 1. The summed E-state index contributed by atoms with van der Waals surface area (Å²) < 4.78 is 29.7. The Hall–Kier alpha value is -2.83. The van der Waals surface area contributed by atoms with Crippen molar-refractivity contribution in [2.75, 3.05) is 23.1 Å². The fourth-order valence-corrected chi connectivity index (χ4v) is 6.77. The van der Waals surface area contributed by atoms with Crippen LogP contribution in [0.15, 0.2) is 52.2 Å². The van der Waals surface area contributed by atoms with Crippen LogP contribution < -0.4 is 15.6 Å². The molecule has 0 radical (unpaired) electrons. The Morgan fingerprint density at radius 3 is 2.68 bits per heavy atom. The number of hydrogen-bond donors (Lipinski definition) is 2. The number of rotatable bonds is 5. The van der Waals surface area contributed by atoms with E-state index in [1.807, 2.05) is 23.6 Å². The summed E-state index contributed by atoms with van der Waals surface area (Å²) in [5.74, 6) is 0.617. The first-order chi connectivity index (χ1) is 16.3. The molecule has 2 aliphatic rings. The quantitative estimate of drug-likeness (QED) is 0.499. The van der Waals surface area contributed by atoms with E-state index in [1.165, 1.54) is 23.5 Å². The van der Waals surface area contributed by atoms with E-state index in [2.05, 4.69) is 25.1 Å². The molecule has 0 spiro atoms. The first kappa shape index (κ1) is 22.9. The van der Waals surface area contributed by atoms with Crippen LogP contribution in [-0.4, -0.2) is 46.3 Å². The number of aryl methyl sites for hydroxylation is 1. The molecule has 0 aliphatic carbocycles. The Balaban J connectivity index is 1.25. The maximum Gasteiger partial charge on any atom is 0.263 e. The van der Waals surface area contributed by atoms with Crippen molar-refractivity contribution in [3.8, 4) is 0 Å². The van der Waals surface area contributed by atoms with Crippen molar-refractivity contribution in [3.05, 3.63) is 63.5 Å². The predicted molar refractivity (Wildman–Crippen MR) is 136 cm³/mol. The highest BCUT2D eigenvalue weighted by atomic mass is 32.2. The van der Waals surface area contributed by atoms with Gasteiger partial charge in [0.05, 0.1) is 4.90 Å². The van der Waals surface area contributed by atoms with E-state index in [9.17, 15) is 13.2 Å². The molecule has 0 amide bonds. The third-order valence-electron chi connectivity index (χ3n) is 6.17. The first-order valence-corrected chi connectivity index (χ1v) is 13.7. The van der Waals surface area contributed by atoms with Crippen molar-refractivity contribution < 1.29 is 8.42 Å².